The molecule has 0 heterocycles. The predicted octanol–water partition coefficient (Wildman–Crippen LogP) is 3.78. The monoisotopic (exact) mass is 400 g/mol. The lowest BCUT2D eigenvalue weighted by molar-refractivity contribution is 0.488. The van der Waals surface area contributed by atoms with Gasteiger partial charge in [-0.25, -0.2) is 16.8 Å². The van der Waals surface area contributed by atoms with Crippen LogP contribution in [0.15, 0.2) is 93.1 Å². The molecule has 3 aliphatic rings. The first-order chi connectivity index (χ1) is 12.9. The summed E-state index contributed by atoms with van der Waals surface area (Å²) in [5, 5.41) is 0. The first-order valence-electron chi connectivity index (χ1n) is 8.89. The molecule has 3 aliphatic carbocycles. The first-order valence-corrected chi connectivity index (χ1v) is 12.0. The second-order valence-corrected chi connectivity index (χ2v) is 10.9. The average molecular weight is 401 g/mol. The third-order valence-corrected chi connectivity index (χ3v) is 8.97. The van der Waals surface area contributed by atoms with Gasteiger partial charge in [0.05, 0.1) is 20.4 Å². The summed E-state index contributed by atoms with van der Waals surface area (Å²) in [6.07, 6.45) is 5.41. The molecule has 0 unspecified atom stereocenters. The molecule has 0 N–H and O–H groups in total. The fourth-order valence-electron chi connectivity index (χ4n) is 3.94. The summed E-state index contributed by atoms with van der Waals surface area (Å²) in [5.41, 5.74) is 0.529. The van der Waals surface area contributed by atoms with Gasteiger partial charge < -0.3 is 0 Å². The number of benzene rings is 2. The van der Waals surface area contributed by atoms with E-state index in [-0.39, 0.29) is 32.3 Å². The van der Waals surface area contributed by atoms with Crippen LogP contribution in [0.2, 0.25) is 0 Å². The van der Waals surface area contributed by atoms with Crippen molar-refractivity contribution in [1.29, 1.82) is 0 Å². The summed E-state index contributed by atoms with van der Waals surface area (Å²) in [7, 11) is -7.35. The fourth-order valence-corrected chi connectivity index (χ4v) is 7.48. The Morgan fingerprint density at radius 3 is 1.78 bits per heavy atom. The van der Waals surface area contributed by atoms with Crippen molar-refractivity contribution in [2.24, 2.45) is 11.8 Å². The van der Waals surface area contributed by atoms with Gasteiger partial charge in [0.1, 0.15) is 0 Å². The fraction of sp³-hybridized carbons (Fsp3) is 0.238. The van der Waals surface area contributed by atoms with E-state index in [0.717, 1.165) is 12.8 Å². The van der Waals surface area contributed by atoms with E-state index in [1.165, 1.54) is 0 Å². The van der Waals surface area contributed by atoms with Crippen LogP contribution in [0.25, 0.3) is 0 Å². The quantitative estimate of drug-likeness (QED) is 0.716. The maximum absolute atomic E-state index is 13.3. The lowest BCUT2D eigenvalue weighted by atomic mass is 9.77. The lowest BCUT2D eigenvalue weighted by Gasteiger charge is -2.35. The number of hydrogen-bond acceptors (Lipinski definition) is 4. The van der Waals surface area contributed by atoms with Crippen LogP contribution in [0.1, 0.15) is 12.8 Å². The van der Waals surface area contributed by atoms with Crippen molar-refractivity contribution in [3.05, 3.63) is 83.3 Å². The lowest BCUT2D eigenvalue weighted by Crippen LogP contribution is -2.30. The highest BCUT2D eigenvalue weighted by atomic mass is 32.2. The Morgan fingerprint density at radius 2 is 1.22 bits per heavy atom. The standard InChI is InChI=1S/C21H20O4S2/c22-26(23,18-7-3-1-4-8-18)15-20-16-11-13-17(14-12-16)21(20)27(24,25)19-9-5-2-6-10-19/h1-11,13,16-17H,12,14-15H2/t16-,17+/m1/s1. The Labute approximate surface area is 160 Å². The summed E-state index contributed by atoms with van der Waals surface area (Å²) in [6, 6.07) is 16.5. The van der Waals surface area contributed by atoms with E-state index in [4.69, 9.17) is 0 Å². The van der Waals surface area contributed by atoms with Crippen LogP contribution in [-0.4, -0.2) is 22.6 Å². The summed E-state index contributed by atoms with van der Waals surface area (Å²) in [5.74, 6) is -0.646. The third kappa shape index (κ3) is 3.28. The molecule has 0 fully saturated rings. The van der Waals surface area contributed by atoms with Crippen LogP contribution in [0.4, 0.5) is 0 Å². The molecule has 140 valence electrons. The highest BCUT2D eigenvalue weighted by molar-refractivity contribution is 7.95. The Bertz CT molecular complexity index is 1110. The molecule has 0 aliphatic heterocycles. The zero-order chi connectivity index (χ0) is 19.1. The zero-order valence-corrected chi connectivity index (χ0v) is 16.3. The Morgan fingerprint density at radius 1 is 0.704 bits per heavy atom. The van der Waals surface area contributed by atoms with E-state index in [9.17, 15) is 16.8 Å². The van der Waals surface area contributed by atoms with E-state index < -0.39 is 19.7 Å². The summed E-state index contributed by atoms with van der Waals surface area (Å²) < 4.78 is 52.5. The molecule has 2 aromatic carbocycles. The van der Waals surface area contributed by atoms with Gasteiger partial charge in [0.25, 0.3) is 0 Å². The van der Waals surface area contributed by atoms with Crippen LogP contribution in [0, 0.1) is 11.8 Å². The van der Waals surface area contributed by atoms with E-state index in [2.05, 4.69) is 0 Å². The average Bonchev–Trinajstić information content (AvgIpc) is 2.70. The van der Waals surface area contributed by atoms with Crippen LogP contribution < -0.4 is 0 Å². The molecule has 0 radical (unpaired) electrons. The van der Waals surface area contributed by atoms with Gasteiger partial charge in [-0.3, -0.25) is 0 Å². The summed E-state index contributed by atoms with van der Waals surface area (Å²) >= 11 is 0. The molecular weight excluding hydrogens is 380 g/mol. The minimum Gasteiger partial charge on any atom is -0.223 e. The topological polar surface area (TPSA) is 68.3 Å². The third-order valence-electron chi connectivity index (χ3n) is 5.26. The van der Waals surface area contributed by atoms with E-state index in [1.54, 1.807) is 60.7 Å². The van der Waals surface area contributed by atoms with Crippen molar-refractivity contribution >= 4 is 19.7 Å². The number of rotatable bonds is 5. The molecule has 4 nitrogen and oxygen atoms in total. The highest BCUT2D eigenvalue weighted by Gasteiger charge is 2.40. The van der Waals surface area contributed by atoms with Gasteiger partial charge in [-0.1, -0.05) is 48.6 Å². The van der Waals surface area contributed by atoms with Gasteiger partial charge in [0, 0.05) is 11.8 Å². The predicted molar refractivity (Wildman–Crippen MR) is 105 cm³/mol. The van der Waals surface area contributed by atoms with E-state index in [1.807, 2.05) is 12.2 Å². The van der Waals surface area contributed by atoms with Gasteiger partial charge in [-0.15, -0.1) is 0 Å². The van der Waals surface area contributed by atoms with E-state index in [0.29, 0.717) is 5.57 Å². The number of allylic oxidation sites excluding steroid dienone is 3. The first kappa shape index (κ1) is 18.2. The van der Waals surface area contributed by atoms with Gasteiger partial charge in [-0.2, -0.15) is 0 Å². The molecule has 0 saturated carbocycles. The van der Waals surface area contributed by atoms with Gasteiger partial charge >= 0.3 is 0 Å². The highest BCUT2D eigenvalue weighted by Crippen LogP contribution is 2.45. The largest absolute Gasteiger partial charge is 0.223 e. The Kier molecular flexibility index (Phi) is 4.56. The molecule has 2 atom stereocenters. The molecule has 2 bridgehead atoms. The minimum atomic E-state index is -3.73. The van der Waals surface area contributed by atoms with Crippen LogP contribution in [0.3, 0.4) is 0 Å². The molecule has 0 aromatic heterocycles. The summed E-state index contributed by atoms with van der Waals surface area (Å²) in [4.78, 5) is 0.724. The second kappa shape index (κ2) is 6.77. The molecule has 27 heavy (non-hydrogen) atoms. The molecule has 2 aromatic rings. The van der Waals surface area contributed by atoms with Crippen molar-refractivity contribution in [3.8, 4) is 0 Å². The van der Waals surface area contributed by atoms with Crippen molar-refractivity contribution in [2.45, 2.75) is 22.6 Å². The van der Waals surface area contributed by atoms with Gasteiger partial charge in [0.2, 0.25) is 9.84 Å². The van der Waals surface area contributed by atoms with Crippen molar-refractivity contribution < 1.29 is 16.8 Å². The van der Waals surface area contributed by atoms with Crippen molar-refractivity contribution in [1.82, 2.24) is 0 Å². The zero-order valence-electron chi connectivity index (χ0n) is 14.7. The molecule has 0 spiro atoms. The summed E-state index contributed by atoms with van der Waals surface area (Å²) in [6.45, 7) is 0. The second-order valence-electron chi connectivity index (χ2n) is 6.95. The van der Waals surface area contributed by atoms with Crippen LogP contribution in [0.5, 0.6) is 0 Å². The SMILES string of the molecule is O=S(=O)(CC1=C(S(=O)(=O)c2ccccc2)[C@H]2C=C[C@@H]1CC2)c1ccccc1. The molecule has 0 amide bonds. The van der Waals surface area contributed by atoms with Crippen molar-refractivity contribution in [3.63, 3.8) is 0 Å². The van der Waals surface area contributed by atoms with E-state index >= 15 is 0 Å². The minimum absolute atomic E-state index is 0.137. The Balaban J connectivity index is 1.84. The smallest absolute Gasteiger partial charge is 0.203 e. The number of fused-ring (bicyclic) bond motifs is 1. The van der Waals surface area contributed by atoms with Crippen molar-refractivity contribution in [2.75, 3.05) is 5.75 Å². The molecule has 6 heteroatoms. The normalized spacial score (nSPS) is 22.2. The number of sulfone groups is 2. The molecule has 0 saturated heterocycles. The molecular formula is C21H20O4S2. The maximum atomic E-state index is 13.3. The van der Waals surface area contributed by atoms with Crippen LogP contribution >= 0.6 is 0 Å². The molecule has 5 rings (SSSR count). The maximum Gasteiger partial charge on any atom is 0.203 e. The van der Waals surface area contributed by atoms with Gasteiger partial charge in [0.15, 0.2) is 9.84 Å². The number of hydrogen-bond donors (Lipinski definition) is 0. The Hall–Kier alpha value is -2.18. The van der Waals surface area contributed by atoms with Gasteiger partial charge in [-0.05, 0) is 42.7 Å². The van der Waals surface area contributed by atoms with Crippen LogP contribution in [-0.2, 0) is 19.7 Å².